The Morgan fingerprint density at radius 2 is 1.00 bits per heavy atom. The molecule has 0 atom stereocenters. The molecule has 5 aromatic carbocycles. The van der Waals surface area contributed by atoms with Crippen LogP contribution in [-0.2, 0) is 16.2 Å². The third-order valence-electron chi connectivity index (χ3n) is 11.0. The normalized spacial score (nSPS) is 11.1. The summed E-state index contributed by atoms with van der Waals surface area (Å²) < 4.78 is 26.3. The maximum absolute atomic E-state index is 12.4. The average Bonchev–Trinajstić information content (AvgIpc) is 4.34. The number of carbonyl (C=O) groups excluding carboxylic acids is 2. The highest BCUT2D eigenvalue weighted by atomic mass is 16.5. The zero-order chi connectivity index (χ0) is 57.7. The van der Waals surface area contributed by atoms with E-state index in [4.69, 9.17) is 38.8 Å². The van der Waals surface area contributed by atoms with Gasteiger partial charge in [-0.3, -0.25) is 10.6 Å². The van der Waals surface area contributed by atoms with Crippen LogP contribution in [-0.4, -0.2) is 66.9 Å². The molecular formula is C56H59N11O12. The summed E-state index contributed by atoms with van der Waals surface area (Å²) >= 11 is 0. The standard InChI is InChI=1S/C27H25N5O4.C15H17N3O4.C7H10N2O2.C7H7NO2/c1-27(2,3)22-15-23(31-35-22)29-26(33)28-17-11-9-16(10-12-17)25-30-24(32-36-25)20-13-14-21(34-4)19-8-6-5-7-18(19)20;1-15(2,3)11-8-12(18-22-11)17-14(21)16-10-6-4-9(5-7-10)13(19)20;1-7(2,3)5-4-6(8-10)9-11-5;8-6-3-1-5(2-4-6)7(9)10/h5-15H,1-4H3,(H2,28,29,31,33);4-8H,1-3H3,(H,19,20)(H2,16,17,18,21);4H,1-3H3;1-4H,8H2,(H,9,10). The molecule has 9 rings (SSSR count). The smallest absolute Gasteiger partial charge is 0.335 e. The molecule has 410 valence electrons. The molecule has 4 amide bonds. The first kappa shape index (κ1) is 58.1. The Hall–Kier alpha value is -10.2. The summed E-state index contributed by atoms with van der Waals surface area (Å²) in [5.74, 6) is 2.46. The molecule has 0 aliphatic carbocycles. The second-order valence-electron chi connectivity index (χ2n) is 20.4. The van der Waals surface area contributed by atoms with Crippen LogP contribution >= 0.6 is 0 Å². The molecule has 0 saturated heterocycles. The predicted molar refractivity (Wildman–Crippen MR) is 297 cm³/mol. The number of aromatic carboxylic acids is 2. The molecule has 79 heavy (non-hydrogen) atoms. The molecule has 0 fully saturated rings. The largest absolute Gasteiger partial charge is 0.496 e. The maximum atomic E-state index is 12.4. The van der Waals surface area contributed by atoms with Crippen molar-refractivity contribution in [1.82, 2.24) is 25.6 Å². The Kier molecular flexibility index (Phi) is 18.5. The molecule has 23 heteroatoms. The number of rotatable bonds is 10. The molecule has 0 bridgehead atoms. The fourth-order valence-electron chi connectivity index (χ4n) is 6.71. The topological polar surface area (TPSA) is 339 Å². The number of ether oxygens (including phenoxy) is 1. The summed E-state index contributed by atoms with van der Waals surface area (Å²) in [6.07, 6.45) is 0. The average molecular weight is 1080 g/mol. The number of carboxylic acids is 2. The molecule has 9 aromatic rings. The second kappa shape index (κ2) is 25.1. The minimum Gasteiger partial charge on any atom is -0.496 e. The number of amides is 4. The minimum atomic E-state index is -1.02. The van der Waals surface area contributed by atoms with Gasteiger partial charge in [-0.25, -0.2) is 19.2 Å². The zero-order valence-corrected chi connectivity index (χ0v) is 44.9. The first-order chi connectivity index (χ1) is 37.3. The molecule has 8 N–H and O–H groups in total. The van der Waals surface area contributed by atoms with Gasteiger partial charge in [0, 0.05) is 68.0 Å². The lowest BCUT2D eigenvalue weighted by Gasteiger charge is -2.12. The van der Waals surface area contributed by atoms with E-state index in [2.05, 4.69) is 52.1 Å². The van der Waals surface area contributed by atoms with Crippen LogP contribution in [0.1, 0.15) is 100 Å². The van der Waals surface area contributed by atoms with Gasteiger partial charge in [-0.2, -0.15) is 4.98 Å². The monoisotopic (exact) mass is 1080 g/mol. The number of hydrogen-bond donors (Lipinski definition) is 7. The highest BCUT2D eigenvalue weighted by molar-refractivity contribution is 6.01. The van der Waals surface area contributed by atoms with Crippen LogP contribution in [0.4, 0.5) is 44.1 Å². The van der Waals surface area contributed by atoms with Gasteiger partial charge in [0.2, 0.25) is 11.6 Å². The molecule has 23 nitrogen and oxygen atoms in total. The number of urea groups is 2. The first-order valence-corrected chi connectivity index (χ1v) is 24.1. The molecular weight excluding hydrogens is 1020 g/mol. The number of carboxylic acid groups (broad SMARTS) is 2. The number of hydrogen-bond acceptors (Lipinski definition) is 17. The minimum absolute atomic E-state index is 0.106. The first-order valence-electron chi connectivity index (χ1n) is 24.1. The van der Waals surface area contributed by atoms with Gasteiger partial charge >= 0.3 is 24.0 Å². The van der Waals surface area contributed by atoms with Crippen LogP contribution in [0.5, 0.6) is 5.75 Å². The summed E-state index contributed by atoms with van der Waals surface area (Å²) in [5.41, 5.74) is 8.44. The van der Waals surface area contributed by atoms with E-state index in [-0.39, 0.29) is 33.2 Å². The fraction of sp³-hybridized carbons (Fsp3) is 0.232. The molecule has 0 saturated carbocycles. The SMILES string of the molecule is CC(C)(C)c1cc(N=O)no1.CC(C)(C)c1cc(NC(=O)Nc2ccc(C(=O)O)cc2)no1.COc1ccc(-c2noc(-c3ccc(NC(=O)Nc4cc(C(C)(C)C)on4)cc3)n2)c2ccccc12.Nc1ccc(C(=O)O)cc1. The number of anilines is 5. The van der Waals surface area contributed by atoms with E-state index >= 15 is 0 Å². The van der Waals surface area contributed by atoms with Gasteiger partial charge in [-0.1, -0.05) is 107 Å². The lowest BCUT2D eigenvalue weighted by atomic mass is 9.93. The quantitative estimate of drug-likeness (QED) is 0.0494. The summed E-state index contributed by atoms with van der Waals surface area (Å²) in [4.78, 5) is 59.8. The van der Waals surface area contributed by atoms with Crippen molar-refractivity contribution < 1.29 is 52.2 Å². The Morgan fingerprint density at radius 1 is 0.544 bits per heavy atom. The highest BCUT2D eigenvalue weighted by Gasteiger charge is 2.23. The van der Waals surface area contributed by atoms with Gasteiger partial charge in [0.05, 0.1) is 18.2 Å². The summed E-state index contributed by atoms with van der Waals surface area (Å²) in [6.45, 7) is 17.9. The number of benzene rings is 5. The summed E-state index contributed by atoms with van der Waals surface area (Å²) in [6, 6.07) is 34.7. The number of nitroso groups, excluding NO2 is 1. The van der Waals surface area contributed by atoms with Crippen LogP contribution in [0.15, 0.2) is 151 Å². The van der Waals surface area contributed by atoms with Crippen LogP contribution < -0.4 is 31.7 Å². The van der Waals surface area contributed by atoms with E-state index in [1.54, 1.807) is 61.7 Å². The zero-order valence-electron chi connectivity index (χ0n) is 44.9. The van der Waals surface area contributed by atoms with Crippen molar-refractivity contribution in [2.75, 3.05) is 34.1 Å². The number of aromatic nitrogens is 5. The number of carbonyl (C=O) groups is 4. The molecule has 0 aliphatic rings. The van der Waals surface area contributed by atoms with Crippen molar-refractivity contribution in [1.29, 1.82) is 0 Å². The Morgan fingerprint density at radius 3 is 1.43 bits per heavy atom. The van der Waals surface area contributed by atoms with Gasteiger partial charge in [0.15, 0.2) is 11.6 Å². The third-order valence-corrected chi connectivity index (χ3v) is 11.0. The third kappa shape index (κ3) is 16.4. The van der Waals surface area contributed by atoms with Crippen molar-refractivity contribution in [3.63, 3.8) is 0 Å². The van der Waals surface area contributed by atoms with Gasteiger partial charge in [0.25, 0.3) is 5.89 Å². The van der Waals surface area contributed by atoms with Crippen molar-refractivity contribution in [3.8, 4) is 28.6 Å². The van der Waals surface area contributed by atoms with E-state index in [9.17, 15) is 24.1 Å². The van der Waals surface area contributed by atoms with Crippen molar-refractivity contribution in [2.24, 2.45) is 5.18 Å². The second-order valence-corrected chi connectivity index (χ2v) is 20.4. The molecule has 0 aliphatic heterocycles. The lowest BCUT2D eigenvalue weighted by Crippen LogP contribution is -2.19. The molecule has 4 aromatic heterocycles. The predicted octanol–water partition coefficient (Wildman–Crippen LogP) is 13.1. The fourth-order valence-corrected chi connectivity index (χ4v) is 6.71. The molecule has 0 radical (unpaired) electrons. The number of methoxy groups -OCH3 is 1. The van der Waals surface area contributed by atoms with Gasteiger partial charge < -0.3 is 49.4 Å². The highest BCUT2D eigenvalue weighted by Crippen LogP contribution is 2.34. The molecule has 0 spiro atoms. The number of fused-ring (bicyclic) bond motifs is 1. The number of nitrogens with one attached hydrogen (secondary N) is 4. The molecule has 4 heterocycles. The summed E-state index contributed by atoms with van der Waals surface area (Å²) in [7, 11) is 1.65. The van der Waals surface area contributed by atoms with Gasteiger partial charge in [-0.15, -0.1) is 4.91 Å². The van der Waals surface area contributed by atoms with E-state index in [0.29, 0.717) is 57.7 Å². The Bertz CT molecular complexity index is 3530. The molecule has 0 unspecified atom stereocenters. The van der Waals surface area contributed by atoms with Gasteiger partial charge in [0.1, 0.15) is 23.0 Å². The lowest BCUT2D eigenvalue weighted by molar-refractivity contribution is 0.0686. The van der Waals surface area contributed by atoms with Crippen LogP contribution in [0, 0.1) is 4.91 Å². The maximum Gasteiger partial charge on any atom is 0.335 e. The van der Waals surface area contributed by atoms with Crippen molar-refractivity contribution in [2.45, 2.75) is 78.6 Å². The van der Waals surface area contributed by atoms with Crippen molar-refractivity contribution >= 4 is 69.3 Å². The van der Waals surface area contributed by atoms with Crippen LogP contribution in [0.3, 0.4) is 0 Å². The van der Waals surface area contributed by atoms with Crippen molar-refractivity contribution in [3.05, 3.63) is 161 Å². The van der Waals surface area contributed by atoms with Gasteiger partial charge in [-0.05, 0) is 95.5 Å². The van der Waals surface area contributed by atoms with E-state index in [1.165, 1.54) is 36.4 Å². The van der Waals surface area contributed by atoms with E-state index in [0.717, 1.165) is 27.6 Å². The number of nitrogens with two attached hydrogens (primary N) is 1. The Labute approximate surface area is 452 Å². The number of nitrogens with zero attached hydrogens (tertiary/aromatic N) is 6. The van der Waals surface area contributed by atoms with E-state index in [1.807, 2.05) is 98.7 Å². The van der Waals surface area contributed by atoms with Crippen LogP contribution in [0.2, 0.25) is 0 Å². The number of nitrogen functional groups attached to an aromatic ring is 1. The van der Waals surface area contributed by atoms with Crippen LogP contribution in [0.25, 0.3) is 33.6 Å². The summed E-state index contributed by atoms with van der Waals surface area (Å²) in [5, 5.41) is 47.7. The Balaban J connectivity index is 0.000000197. The van der Waals surface area contributed by atoms with E-state index < -0.39 is 24.0 Å².